The van der Waals surface area contributed by atoms with Crippen LogP contribution in [0.25, 0.3) is 11.3 Å². The van der Waals surface area contributed by atoms with Crippen molar-refractivity contribution in [3.63, 3.8) is 0 Å². The van der Waals surface area contributed by atoms with E-state index < -0.39 is 0 Å². The molecule has 2 aromatic rings. The van der Waals surface area contributed by atoms with Crippen molar-refractivity contribution in [2.24, 2.45) is 0 Å². The number of hydrogen-bond acceptors (Lipinski definition) is 4. The first kappa shape index (κ1) is 11.3. The molecule has 0 atom stereocenters. The summed E-state index contributed by atoms with van der Waals surface area (Å²) < 4.78 is 5.19. The number of likely N-dealkylation sites (N-methyl/N-ethyl adjacent to an activating group) is 1. The zero-order valence-electron chi connectivity index (χ0n) is 9.43. The molecule has 0 spiro atoms. The largest absolute Gasteiger partial charge is 0.444 e. The lowest BCUT2D eigenvalue weighted by Crippen LogP contribution is -2.24. The average Bonchev–Trinajstić information content (AvgIpc) is 2.83. The lowest BCUT2D eigenvalue weighted by molar-refractivity contribution is -0.115. The molecule has 0 saturated carbocycles. The van der Waals surface area contributed by atoms with Gasteiger partial charge in [0.25, 0.3) is 0 Å². The third kappa shape index (κ3) is 2.92. The van der Waals surface area contributed by atoms with E-state index in [0.717, 1.165) is 11.3 Å². The normalized spacial score (nSPS) is 10.2. The summed E-state index contributed by atoms with van der Waals surface area (Å²) in [7, 11) is 1.73. The predicted octanol–water partition coefficient (Wildman–Crippen LogP) is 1.50. The summed E-state index contributed by atoms with van der Waals surface area (Å²) in [5, 5.41) is 5.57. The first-order valence-corrected chi connectivity index (χ1v) is 5.23. The maximum atomic E-state index is 11.4. The Morgan fingerprint density at radius 2 is 2.35 bits per heavy atom. The van der Waals surface area contributed by atoms with Crippen LogP contribution in [-0.4, -0.2) is 24.5 Å². The standard InChI is InChI=1S/C12H13N3O2/c1-13-7-12(16)15-10-4-2-3-9(5-10)11-6-14-8-17-11/h2-6,8,13H,7H2,1H3,(H,15,16). The predicted molar refractivity (Wildman–Crippen MR) is 64.5 cm³/mol. The van der Waals surface area contributed by atoms with Crippen LogP contribution in [0.15, 0.2) is 41.3 Å². The van der Waals surface area contributed by atoms with Gasteiger partial charge in [0.1, 0.15) is 0 Å². The molecule has 1 aromatic heterocycles. The van der Waals surface area contributed by atoms with Crippen molar-refractivity contribution in [3.05, 3.63) is 36.9 Å². The number of rotatable bonds is 4. The molecule has 0 bridgehead atoms. The van der Waals surface area contributed by atoms with Gasteiger partial charge in [-0.05, 0) is 19.2 Å². The molecule has 0 radical (unpaired) electrons. The first-order valence-electron chi connectivity index (χ1n) is 5.23. The van der Waals surface area contributed by atoms with Crippen LogP contribution >= 0.6 is 0 Å². The Balaban J connectivity index is 2.15. The van der Waals surface area contributed by atoms with Crippen molar-refractivity contribution in [1.82, 2.24) is 10.3 Å². The molecule has 0 aliphatic heterocycles. The van der Waals surface area contributed by atoms with Gasteiger partial charge in [-0.1, -0.05) is 12.1 Å². The summed E-state index contributed by atoms with van der Waals surface area (Å²) in [5.74, 6) is 0.594. The highest BCUT2D eigenvalue weighted by molar-refractivity contribution is 5.92. The Morgan fingerprint density at radius 3 is 3.06 bits per heavy atom. The van der Waals surface area contributed by atoms with Crippen molar-refractivity contribution in [1.29, 1.82) is 0 Å². The van der Waals surface area contributed by atoms with Crippen LogP contribution in [0.4, 0.5) is 5.69 Å². The molecule has 0 saturated heterocycles. The molecule has 1 heterocycles. The molecule has 1 amide bonds. The zero-order chi connectivity index (χ0) is 12.1. The van der Waals surface area contributed by atoms with Gasteiger partial charge in [-0.3, -0.25) is 4.79 Å². The molecular formula is C12H13N3O2. The molecular weight excluding hydrogens is 218 g/mol. The molecule has 0 aliphatic carbocycles. The van der Waals surface area contributed by atoms with Gasteiger partial charge in [0.05, 0.1) is 12.7 Å². The van der Waals surface area contributed by atoms with Gasteiger partial charge in [0, 0.05) is 11.3 Å². The summed E-state index contributed by atoms with van der Waals surface area (Å²) in [4.78, 5) is 15.3. The number of amides is 1. The van der Waals surface area contributed by atoms with E-state index in [-0.39, 0.29) is 12.5 Å². The fourth-order valence-corrected chi connectivity index (χ4v) is 1.47. The van der Waals surface area contributed by atoms with E-state index in [1.807, 2.05) is 24.3 Å². The second kappa shape index (κ2) is 5.27. The van der Waals surface area contributed by atoms with Gasteiger partial charge in [-0.15, -0.1) is 0 Å². The Labute approximate surface area is 98.9 Å². The Bertz CT molecular complexity index is 494. The third-order valence-corrected chi connectivity index (χ3v) is 2.20. The van der Waals surface area contributed by atoms with Gasteiger partial charge in [0.15, 0.2) is 12.2 Å². The van der Waals surface area contributed by atoms with Crippen LogP contribution in [0, 0.1) is 0 Å². The molecule has 2 rings (SSSR count). The maximum Gasteiger partial charge on any atom is 0.238 e. The van der Waals surface area contributed by atoms with Crippen molar-refractivity contribution in [2.75, 3.05) is 18.9 Å². The van der Waals surface area contributed by atoms with E-state index in [2.05, 4.69) is 15.6 Å². The van der Waals surface area contributed by atoms with Crippen LogP contribution in [0.2, 0.25) is 0 Å². The van der Waals surface area contributed by atoms with E-state index in [0.29, 0.717) is 5.76 Å². The van der Waals surface area contributed by atoms with E-state index in [9.17, 15) is 4.79 Å². The molecule has 0 aliphatic rings. The van der Waals surface area contributed by atoms with E-state index >= 15 is 0 Å². The van der Waals surface area contributed by atoms with E-state index in [1.54, 1.807) is 13.2 Å². The number of benzene rings is 1. The zero-order valence-corrected chi connectivity index (χ0v) is 9.43. The van der Waals surface area contributed by atoms with Gasteiger partial charge in [-0.2, -0.15) is 0 Å². The topological polar surface area (TPSA) is 67.2 Å². The van der Waals surface area contributed by atoms with Crippen molar-refractivity contribution in [2.45, 2.75) is 0 Å². The first-order chi connectivity index (χ1) is 8.29. The SMILES string of the molecule is CNCC(=O)Nc1cccc(-c2cnco2)c1. The van der Waals surface area contributed by atoms with Crippen LogP contribution in [0.3, 0.4) is 0 Å². The molecule has 0 fully saturated rings. The fourth-order valence-electron chi connectivity index (χ4n) is 1.47. The van der Waals surface area contributed by atoms with Gasteiger partial charge in [0.2, 0.25) is 5.91 Å². The highest BCUT2D eigenvalue weighted by atomic mass is 16.3. The van der Waals surface area contributed by atoms with Gasteiger partial charge in [-0.25, -0.2) is 4.98 Å². The molecule has 88 valence electrons. The number of anilines is 1. The molecule has 5 heteroatoms. The number of nitrogens with one attached hydrogen (secondary N) is 2. The van der Waals surface area contributed by atoms with E-state index in [4.69, 9.17) is 4.42 Å². The van der Waals surface area contributed by atoms with Crippen LogP contribution < -0.4 is 10.6 Å². The number of hydrogen-bond donors (Lipinski definition) is 2. The summed E-state index contributed by atoms with van der Waals surface area (Å²) in [5.41, 5.74) is 1.61. The summed E-state index contributed by atoms with van der Waals surface area (Å²) in [6, 6.07) is 7.42. The Hall–Kier alpha value is -2.14. The lowest BCUT2D eigenvalue weighted by Gasteiger charge is -2.05. The van der Waals surface area contributed by atoms with Crippen molar-refractivity contribution in [3.8, 4) is 11.3 Å². The molecule has 1 aromatic carbocycles. The minimum atomic E-state index is -0.0813. The Kier molecular flexibility index (Phi) is 3.52. The smallest absolute Gasteiger partial charge is 0.238 e. The number of aromatic nitrogens is 1. The van der Waals surface area contributed by atoms with Crippen LogP contribution in [0.5, 0.6) is 0 Å². The number of oxazole rings is 1. The monoisotopic (exact) mass is 231 g/mol. The lowest BCUT2D eigenvalue weighted by atomic mass is 10.1. The summed E-state index contributed by atoms with van der Waals surface area (Å²) in [6.07, 6.45) is 3.01. The quantitative estimate of drug-likeness (QED) is 0.836. The average molecular weight is 231 g/mol. The van der Waals surface area contributed by atoms with Crippen LogP contribution in [-0.2, 0) is 4.79 Å². The minimum absolute atomic E-state index is 0.0813. The molecule has 0 unspecified atom stereocenters. The van der Waals surface area contributed by atoms with Gasteiger partial charge >= 0.3 is 0 Å². The number of nitrogens with zero attached hydrogens (tertiary/aromatic N) is 1. The minimum Gasteiger partial charge on any atom is -0.444 e. The second-order valence-corrected chi connectivity index (χ2v) is 3.52. The summed E-state index contributed by atoms with van der Waals surface area (Å²) in [6.45, 7) is 0.284. The second-order valence-electron chi connectivity index (χ2n) is 3.52. The third-order valence-electron chi connectivity index (χ3n) is 2.20. The van der Waals surface area contributed by atoms with Crippen molar-refractivity contribution < 1.29 is 9.21 Å². The molecule has 5 nitrogen and oxygen atoms in total. The van der Waals surface area contributed by atoms with Gasteiger partial charge < -0.3 is 15.1 Å². The summed E-state index contributed by atoms with van der Waals surface area (Å²) >= 11 is 0. The van der Waals surface area contributed by atoms with Crippen LogP contribution in [0.1, 0.15) is 0 Å². The molecule has 17 heavy (non-hydrogen) atoms. The highest BCUT2D eigenvalue weighted by Gasteiger charge is 2.04. The van der Waals surface area contributed by atoms with Crippen molar-refractivity contribution >= 4 is 11.6 Å². The number of carbonyl (C=O) groups excluding carboxylic acids is 1. The van der Waals surface area contributed by atoms with E-state index in [1.165, 1.54) is 6.39 Å². The fraction of sp³-hybridized carbons (Fsp3) is 0.167. The maximum absolute atomic E-state index is 11.4. The highest BCUT2D eigenvalue weighted by Crippen LogP contribution is 2.21. The molecule has 2 N–H and O–H groups in total. The Morgan fingerprint density at radius 1 is 1.47 bits per heavy atom. The number of carbonyl (C=O) groups is 1.